The summed E-state index contributed by atoms with van der Waals surface area (Å²) in [5.74, 6) is 1.62. The predicted molar refractivity (Wildman–Crippen MR) is 59.5 cm³/mol. The fourth-order valence-electron chi connectivity index (χ4n) is 1.49. The lowest BCUT2D eigenvalue weighted by Crippen LogP contribution is -2.10. The van der Waals surface area contributed by atoms with Crippen molar-refractivity contribution in [2.24, 2.45) is 5.92 Å². The smallest absolute Gasteiger partial charge is 0.128 e. The minimum absolute atomic E-state index is 0.119. The van der Waals surface area contributed by atoms with Crippen LogP contribution in [-0.4, -0.2) is 12.3 Å². The van der Waals surface area contributed by atoms with Crippen LogP contribution in [0.3, 0.4) is 0 Å². The van der Waals surface area contributed by atoms with Crippen LogP contribution in [0.5, 0.6) is 0 Å². The van der Waals surface area contributed by atoms with Gasteiger partial charge >= 0.3 is 0 Å². The molecular weight excluding hydrogens is 197 g/mol. The highest BCUT2D eigenvalue weighted by Crippen LogP contribution is 2.33. The summed E-state index contributed by atoms with van der Waals surface area (Å²) in [6, 6.07) is 3.54. The van der Waals surface area contributed by atoms with Gasteiger partial charge < -0.3 is 5.32 Å². The number of rotatable bonds is 0. The maximum absolute atomic E-state index is 13.3. The molecule has 76 valence electrons. The van der Waals surface area contributed by atoms with E-state index in [-0.39, 0.29) is 5.82 Å². The number of benzene rings is 1. The van der Waals surface area contributed by atoms with E-state index in [0.717, 1.165) is 23.5 Å². The average molecular weight is 211 g/mol. The molecule has 1 aromatic carbocycles. The molecule has 1 aliphatic rings. The number of halogens is 1. The summed E-state index contributed by atoms with van der Waals surface area (Å²) in [5.41, 5.74) is 1.68. The Morgan fingerprint density at radius 3 is 3.07 bits per heavy atom. The number of nitrogens with one attached hydrogen (secondary N) is 1. The number of fused-ring (bicyclic) bond motifs is 1. The van der Waals surface area contributed by atoms with Crippen molar-refractivity contribution in [1.82, 2.24) is 0 Å². The maximum Gasteiger partial charge on any atom is 0.128 e. The van der Waals surface area contributed by atoms with Crippen molar-refractivity contribution in [3.8, 4) is 0 Å². The number of thioether (sulfide) groups is 1. The zero-order valence-electron chi connectivity index (χ0n) is 8.43. The van der Waals surface area contributed by atoms with Crippen molar-refractivity contribution in [2.75, 3.05) is 17.6 Å². The molecule has 1 unspecified atom stereocenters. The lowest BCUT2D eigenvalue weighted by atomic mass is 10.2. The van der Waals surface area contributed by atoms with Crippen LogP contribution in [0.4, 0.5) is 10.1 Å². The molecule has 1 atom stereocenters. The quantitative estimate of drug-likeness (QED) is 0.706. The molecule has 1 heterocycles. The Morgan fingerprint density at radius 1 is 1.50 bits per heavy atom. The van der Waals surface area contributed by atoms with Gasteiger partial charge in [-0.3, -0.25) is 0 Å². The molecule has 1 aromatic rings. The van der Waals surface area contributed by atoms with E-state index in [9.17, 15) is 4.39 Å². The minimum atomic E-state index is -0.119. The fourth-order valence-corrected chi connectivity index (χ4v) is 2.62. The Kier molecular flexibility index (Phi) is 2.68. The molecule has 0 radical (unpaired) electrons. The third kappa shape index (κ3) is 1.87. The first-order valence-electron chi connectivity index (χ1n) is 4.83. The van der Waals surface area contributed by atoms with Crippen LogP contribution in [-0.2, 0) is 0 Å². The van der Waals surface area contributed by atoms with Crippen molar-refractivity contribution >= 4 is 17.4 Å². The summed E-state index contributed by atoms with van der Waals surface area (Å²) in [6.45, 7) is 4.95. The van der Waals surface area contributed by atoms with Gasteiger partial charge in [0.15, 0.2) is 0 Å². The van der Waals surface area contributed by atoms with E-state index in [1.54, 1.807) is 6.07 Å². The van der Waals surface area contributed by atoms with Gasteiger partial charge in [0, 0.05) is 17.2 Å². The van der Waals surface area contributed by atoms with Crippen LogP contribution in [0, 0.1) is 18.7 Å². The highest BCUT2D eigenvalue weighted by atomic mass is 32.2. The number of anilines is 1. The second-order valence-corrected chi connectivity index (χ2v) is 4.96. The first-order chi connectivity index (χ1) is 6.66. The largest absolute Gasteiger partial charge is 0.384 e. The van der Waals surface area contributed by atoms with Crippen LogP contribution in [0.25, 0.3) is 0 Å². The van der Waals surface area contributed by atoms with Gasteiger partial charge in [-0.2, -0.15) is 0 Å². The van der Waals surface area contributed by atoms with Gasteiger partial charge in [0.05, 0.1) is 5.69 Å². The lowest BCUT2D eigenvalue weighted by Gasteiger charge is -2.08. The molecule has 1 aliphatic heterocycles. The highest BCUT2D eigenvalue weighted by Gasteiger charge is 2.14. The van der Waals surface area contributed by atoms with E-state index < -0.39 is 0 Å². The summed E-state index contributed by atoms with van der Waals surface area (Å²) >= 11 is 1.81. The van der Waals surface area contributed by atoms with Crippen LogP contribution < -0.4 is 5.32 Å². The van der Waals surface area contributed by atoms with Crippen LogP contribution in [0.1, 0.15) is 12.5 Å². The monoisotopic (exact) mass is 211 g/mol. The third-order valence-electron chi connectivity index (χ3n) is 2.43. The normalized spacial score (nSPS) is 20.9. The first-order valence-corrected chi connectivity index (χ1v) is 5.82. The molecule has 1 nitrogen and oxygen atoms in total. The van der Waals surface area contributed by atoms with Crippen LogP contribution >= 0.6 is 11.8 Å². The average Bonchev–Trinajstić information content (AvgIpc) is 2.31. The van der Waals surface area contributed by atoms with Crippen molar-refractivity contribution < 1.29 is 4.39 Å². The van der Waals surface area contributed by atoms with E-state index in [4.69, 9.17) is 0 Å². The van der Waals surface area contributed by atoms with Crippen LogP contribution in [0.2, 0.25) is 0 Å². The Balaban J connectivity index is 2.36. The third-order valence-corrected chi connectivity index (χ3v) is 3.81. The molecule has 0 spiro atoms. The van der Waals surface area contributed by atoms with Crippen LogP contribution in [0.15, 0.2) is 17.0 Å². The van der Waals surface area contributed by atoms with E-state index >= 15 is 0 Å². The zero-order valence-corrected chi connectivity index (χ0v) is 9.25. The Hall–Kier alpha value is -0.700. The van der Waals surface area contributed by atoms with E-state index in [1.807, 2.05) is 24.8 Å². The molecule has 1 N–H and O–H groups in total. The molecule has 0 aliphatic carbocycles. The highest BCUT2D eigenvalue weighted by molar-refractivity contribution is 7.99. The van der Waals surface area contributed by atoms with E-state index in [0.29, 0.717) is 5.92 Å². The number of hydrogen-bond donors (Lipinski definition) is 1. The van der Waals surface area contributed by atoms with E-state index in [2.05, 4.69) is 12.2 Å². The van der Waals surface area contributed by atoms with Gasteiger partial charge in [0.2, 0.25) is 0 Å². The molecular formula is C11H14FNS. The van der Waals surface area contributed by atoms with E-state index in [1.165, 1.54) is 4.90 Å². The minimum Gasteiger partial charge on any atom is -0.384 e. The molecule has 3 heteroatoms. The molecule has 0 saturated carbocycles. The summed E-state index contributed by atoms with van der Waals surface area (Å²) in [4.78, 5) is 1.17. The summed E-state index contributed by atoms with van der Waals surface area (Å²) in [5, 5.41) is 3.28. The van der Waals surface area contributed by atoms with Gasteiger partial charge in [-0.05, 0) is 30.5 Å². The zero-order chi connectivity index (χ0) is 10.1. The molecule has 0 fully saturated rings. The Bertz CT molecular complexity index is 318. The molecule has 2 rings (SSSR count). The topological polar surface area (TPSA) is 12.0 Å². The SMILES string of the molecule is Cc1cc2c(cc1F)NCC(C)CS2. The predicted octanol–water partition coefficient (Wildman–Crippen LogP) is 3.29. The van der Waals surface area contributed by atoms with Crippen molar-refractivity contribution in [1.29, 1.82) is 0 Å². The van der Waals surface area contributed by atoms with Crippen molar-refractivity contribution in [2.45, 2.75) is 18.7 Å². The van der Waals surface area contributed by atoms with Crippen molar-refractivity contribution in [3.05, 3.63) is 23.5 Å². The van der Waals surface area contributed by atoms with Gasteiger partial charge in [0.1, 0.15) is 5.82 Å². The second-order valence-electron chi connectivity index (χ2n) is 3.89. The summed E-state index contributed by atoms with van der Waals surface area (Å²) < 4.78 is 13.3. The molecule has 0 aromatic heterocycles. The van der Waals surface area contributed by atoms with Gasteiger partial charge in [0.25, 0.3) is 0 Å². The summed E-state index contributed by atoms with van der Waals surface area (Å²) in [6.07, 6.45) is 0. The van der Waals surface area contributed by atoms with Gasteiger partial charge in [-0.25, -0.2) is 4.39 Å². The fraction of sp³-hybridized carbons (Fsp3) is 0.455. The Labute approximate surface area is 88.1 Å². The molecule has 0 amide bonds. The first kappa shape index (κ1) is 9.84. The number of aryl methyl sites for hydroxylation is 1. The van der Waals surface area contributed by atoms with Gasteiger partial charge in [-0.15, -0.1) is 11.8 Å². The maximum atomic E-state index is 13.3. The van der Waals surface area contributed by atoms with Crippen molar-refractivity contribution in [3.63, 3.8) is 0 Å². The standard InChI is InChI=1S/C11H14FNS/c1-7-5-13-10-4-9(12)8(2)3-11(10)14-6-7/h3-4,7,13H,5-6H2,1-2H3. The Morgan fingerprint density at radius 2 is 2.29 bits per heavy atom. The molecule has 0 saturated heterocycles. The van der Waals surface area contributed by atoms with Gasteiger partial charge in [-0.1, -0.05) is 6.92 Å². The number of hydrogen-bond acceptors (Lipinski definition) is 2. The molecule has 0 bridgehead atoms. The molecule has 14 heavy (non-hydrogen) atoms. The lowest BCUT2D eigenvalue weighted by molar-refractivity contribution is 0.617. The second kappa shape index (κ2) is 3.81. The summed E-state index contributed by atoms with van der Waals surface area (Å²) in [7, 11) is 0.